The van der Waals surface area contributed by atoms with Crippen LogP contribution in [0.1, 0.15) is 32.6 Å². The van der Waals surface area contributed by atoms with E-state index in [0.717, 1.165) is 10.9 Å². The Morgan fingerprint density at radius 3 is 2.60 bits per heavy atom. The van der Waals surface area contributed by atoms with Gasteiger partial charge in [0.2, 0.25) is 0 Å². The molecule has 3 nitrogen and oxygen atoms in total. The molecule has 20 heavy (non-hydrogen) atoms. The zero-order valence-electron chi connectivity index (χ0n) is 11.9. The highest BCUT2D eigenvalue weighted by atomic mass is 35.5. The molecule has 2 aromatic rings. The number of para-hydroxylation sites is 1. The predicted molar refractivity (Wildman–Crippen MR) is 89.8 cm³/mol. The molecule has 110 valence electrons. The lowest BCUT2D eigenvalue weighted by atomic mass is 10.1. The quantitative estimate of drug-likeness (QED) is 0.913. The first-order valence-corrected chi connectivity index (χ1v) is 6.73. The van der Waals surface area contributed by atoms with Gasteiger partial charge in [0.1, 0.15) is 6.10 Å². The number of halogens is 1. The third-order valence-corrected chi connectivity index (χ3v) is 3.16. The van der Waals surface area contributed by atoms with Gasteiger partial charge in [0.25, 0.3) is 0 Å². The SMILES string of the molecule is CC(C)(C)NC[C@H](O)c1ccc2cccc(Cl)c2n1.S. The number of pyridine rings is 1. The van der Waals surface area contributed by atoms with Crippen molar-refractivity contribution >= 4 is 36.0 Å². The first-order valence-electron chi connectivity index (χ1n) is 6.35. The molecule has 1 aromatic carbocycles. The molecule has 0 bridgehead atoms. The van der Waals surface area contributed by atoms with E-state index < -0.39 is 6.10 Å². The molecule has 0 fully saturated rings. The van der Waals surface area contributed by atoms with Crippen LogP contribution in [0.25, 0.3) is 10.9 Å². The van der Waals surface area contributed by atoms with Crippen LogP contribution in [0.3, 0.4) is 0 Å². The van der Waals surface area contributed by atoms with Crippen molar-refractivity contribution in [2.24, 2.45) is 0 Å². The number of hydrogen-bond acceptors (Lipinski definition) is 3. The van der Waals surface area contributed by atoms with Crippen molar-refractivity contribution < 1.29 is 5.11 Å². The number of β-amino-alcohol motifs (C(OH)–C–C–N with tert-alkyl or cyclic N) is 1. The Morgan fingerprint density at radius 2 is 1.95 bits per heavy atom. The van der Waals surface area contributed by atoms with Gasteiger partial charge in [0.15, 0.2) is 0 Å². The van der Waals surface area contributed by atoms with Crippen LogP contribution in [0.5, 0.6) is 0 Å². The molecule has 2 N–H and O–H groups in total. The Morgan fingerprint density at radius 1 is 1.25 bits per heavy atom. The van der Waals surface area contributed by atoms with Crippen LogP contribution in [0.2, 0.25) is 5.02 Å². The zero-order chi connectivity index (χ0) is 14.0. The average Bonchev–Trinajstić information content (AvgIpc) is 2.35. The van der Waals surface area contributed by atoms with Crippen LogP contribution in [-0.4, -0.2) is 22.2 Å². The molecule has 0 amide bonds. The Hall–Kier alpha value is -0.810. The fourth-order valence-corrected chi connectivity index (χ4v) is 2.04. The molecule has 0 aliphatic carbocycles. The van der Waals surface area contributed by atoms with Crippen molar-refractivity contribution in [3.05, 3.63) is 41.0 Å². The second-order valence-corrected chi connectivity index (χ2v) is 6.10. The van der Waals surface area contributed by atoms with Gasteiger partial charge in [-0.05, 0) is 32.9 Å². The first kappa shape index (κ1) is 17.2. The lowest BCUT2D eigenvalue weighted by Gasteiger charge is -2.22. The smallest absolute Gasteiger partial charge is 0.108 e. The fraction of sp³-hybridized carbons (Fsp3) is 0.400. The normalized spacial score (nSPS) is 13.1. The summed E-state index contributed by atoms with van der Waals surface area (Å²) in [4.78, 5) is 4.45. The van der Waals surface area contributed by atoms with Crippen molar-refractivity contribution in [1.29, 1.82) is 0 Å². The van der Waals surface area contributed by atoms with Crippen LogP contribution in [0.15, 0.2) is 30.3 Å². The Bertz CT molecular complexity index is 584. The Kier molecular flexibility index (Phi) is 5.83. The first-order chi connectivity index (χ1) is 8.87. The molecule has 0 aliphatic rings. The van der Waals surface area contributed by atoms with Gasteiger partial charge in [0.05, 0.1) is 16.2 Å². The maximum atomic E-state index is 10.2. The highest BCUT2D eigenvalue weighted by molar-refractivity contribution is 7.59. The highest BCUT2D eigenvalue weighted by Crippen LogP contribution is 2.23. The van der Waals surface area contributed by atoms with E-state index in [-0.39, 0.29) is 19.0 Å². The summed E-state index contributed by atoms with van der Waals surface area (Å²) in [6, 6.07) is 9.43. The molecule has 2 rings (SSSR count). The monoisotopic (exact) mass is 312 g/mol. The summed E-state index contributed by atoms with van der Waals surface area (Å²) in [7, 11) is 0. The molecule has 1 heterocycles. The third kappa shape index (κ3) is 4.35. The summed E-state index contributed by atoms with van der Waals surface area (Å²) in [6.07, 6.45) is -0.639. The molecule has 1 atom stereocenters. The lowest BCUT2D eigenvalue weighted by Crippen LogP contribution is -2.38. The van der Waals surface area contributed by atoms with Crippen LogP contribution >= 0.6 is 25.1 Å². The van der Waals surface area contributed by atoms with Gasteiger partial charge in [-0.15, -0.1) is 0 Å². The fourth-order valence-electron chi connectivity index (χ4n) is 1.82. The Balaban J connectivity index is 0.00000200. The van der Waals surface area contributed by atoms with E-state index in [1.54, 1.807) is 6.07 Å². The minimum Gasteiger partial charge on any atom is -0.385 e. The average molecular weight is 313 g/mol. The van der Waals surface area contributed by atoms with Gasteiger partial charge in [-0.3, -0.25) is 0 Å². The van der Waals surface area contributed by atoms with E-state index in [1.165, 1.54) is 0 Å². The molecule has 0 unspecified atom stereocenters. The number of aromatic nitrogens is 1. The molecule has 0 aliphatic heterocycles. The predicted octanol–water partition coefficient (Wildman–Crippen LogP) is 3.42. The summed E-state index contributed by atoms with van der Waals surface area (Å²) in [5, 5.41) is 15.0. The second-order valence-electron chi connectivity index (χ2n) is 5.69. The van der Waals surface area contributed by atoms with Crippen molar-refractivity contribution in [1.82, 2.24) is 10.3 Å². The summed E-state index contributed by atoms with van der Waals surface area (Å²) >= 11 is 6.12. The molecular weight excluding hydrogens is 292 g/mol. The van der Waals surface area contributed by atoms with Crippen LogP contribution in [-0.2, 0) is 0 Å². The molecular formula is C15H21ClN2OS. The van der Waals surface area contributed by atoms with E-state index in [2.05, 4.69) is 31.1 Å². The van der Waals surface area contributed by atoms with Crippen molar-refractivity contribution in [3.8, 4) is 0 Å². The summed E-state index contributed by atoms with van der Waals surface area (Å²) < 4.78 is 0. The van der Waals surface area contributed by atoms with E-state index in [9.17, 15) is 5.11 Å². The second kappa shape index (κ2) is 6.76. The van der Waals surface area contributed by atoms with Crippen molar-refractivity contribution in [2.45, 2.75) is 32.4 Å². The summed E-state index contributed by atoms with van der Waals surface area (Å²) in [5.74, 6) is 0. The summed E-state index contributed by atoms with van der Waals surface area (Å²) in [5.41, 5.74) is 1.34. The maximum absolute atomic E-state index is 10.2. The van der Waals surface area contributed by atoms with Gasteiger partial charge in [-0.25, -0.2) is 4.98 Å². The van der Waals surface area contributed by atoms with Crippen molar-refractivity contribution in [3.63, 3.8) is 0 Å². The minimum absolute atomic E-state index is 0. The van der Waals surface area contributed by atoms with Gasteiger partial charge < -0.3 is 10.4 Å². The third-order valence-electron chi connectivity index (χ3n) is 2.86. The molecule has 0 radical (unpaired) electrons. The Labute approximate surface area is 131 Å². The number of nitrogens with one attached hydrogen (secondary N) is 1. The number of benzene rings is 1. The van der Waals surface area contributed by atoms with Crippen molar-refractivity contribution in [2.75, 3.05) is 6.54 Å². The summed E-state index contributed by atoms with van der Waals surface area (Å²) in [6.45, 7) is 6.64. The largest absolute Gasteiger partial charge is 0.385 e. The highest BCUT2D eigenvalue weighted by Gasteiger charge is 2.15. The van der Waals surface area contributed by atoms with E-state index >= 15 is 0 Å². The zero-order valence-corrected chi connectivity index (χ0v) is 13.7. The molecule has 0 saturated carbocycles. The molecule has 0 saturated heterocycles. The van der Waals surface area contributed by atoms with E-state index in [1.807, 2.05) is 24.3 Å². The topological polar surface area (TPSA) is 45.1 Å². The standard InChI is InChI=1S/C15H19ClN2O.H2S/c1-15(2,3)17-9-13(19)12-8-7-10-5-4-6-11(16)14(10)18-12;/h4-8,13,17,19H,9H2,1-3H3;1H2/t13-;/m0./s1. The van der Waals surface area contributed by atoms with Gasteiger partial charge >= 0.3 is 0 Å². The number of hydrogen-bond donors (Lipinski definition) is 2. The number of rotatable bonds is 3. The van der Waals surface area contributed by atoms with Crippen LogP contribution in [0.4, 0.5) is 0 Å². The van der Waals surface area contributed by atoms with Crippen LogP contribution < -0.4 is 5.32 Å². The lowest BCUT2D eigenvalue weighted by molar-refractivity contribution is 0.159. The number of aliphatic hydroxyl groups excluding tert-OH is 1. The number of aliphatic hydroxyl groups is 1. The van der Waals surface area contributed by atoms with Gasteiger partial charge in [-0.2, -0.15) is 13.5 Å². The molecule has 0 spiro atoms. The van der Waals surface area contributed by atoms with Gasteiger partial charge in [0, 0.05) is 17.5 Å². The van der Waals surface area contributed by atoms with E-state index in [4.69, 9.17) is 11.6 Å². The van der Waals surface area contributed by atoms with Crippen LogP contribution in [0, 0.1) is 0 Å². The maximum Gasteiger partial charge on any atom is 0.108 e. The minimum atomic E-state index is -0.639. The number of fused-ring (bicyclic) bond motifs is 1. The van der Waals surface area contributed by atoms with Gasteiger partial charge in [-0.1, -0.05) is 29.8 Å². The molecule has 1 aromatic heterocycles. The van der Waals surface area contributed by atoms with E-state index in [0.29, 0.717) is 17.3 Å². The number of nitrogens with zero attached hydrogens (tertiary/aromatic N) is 1. The molecule has 5 heteroatoms.